The molecule has 0 spiro atoms. The quantitative estimate of drug-likeness (QED) is 0.251. The SMILES string of the molecule is CCOC(=O)CSc1ccc(C(=O)c2ccccc2)cc1[N+](=O)[O-]. The number of hydrogen-bond donors (Lipinski definition) is 0. The maximum atomic E-state index is 12.4. The van der Waals surface area contributed by atoms with Crippen LogP contribution in [0.15, 0.2) is 53.4 Å². The molecule has 2 aromatic rings. The molecule has 0 aliphatic heterocycles. The van der Waals surface area contributed by atoms with E-state index >= 15 is 0 Å². The molecule has 0 aliphatic carbocycles. The number of nitrogens with zero attached hydrogens (tertiary/aromatic N) is 1. The summed E-state index contributed by atoms with van der Waals surface area (Å²) < 4.78 is 4.80. The Morgan fingerprint density at radius 3 is 2.46 bits per heavy atom. The van der Waals surface area contributed by atoms with Gasteiger partial charge in [-0.25, -0.2) is 0 Å². The van der Waals surface area contributed by atoms with Gasteiger partial charge in [0, 0.05) is 17.2 Å². The lowest BCUT2D eigenvalue weighted by atomic mass is 10.0. The van der Waals surface area contributed by atoms with Gasteiger partial charge >= 0.3 is 5.97 Å². The molecule has 0 atom stereocenters. The molecule has 24 heavy (non-hydrogen) atoms. The summed E-state index contributed by atoms with van der Waals surface area (Å²) in [5.41, 5.74) is 0.484. The Bertz CT molecular complexity index is 761. The summed E-state index contributed by atoms with van der Waals surface area (Å²) in [4.78, 5) is 34.8. The van der Waals surface area contributed by atoms with E-state index in [0.29, 0.717) is 10.5 Å². The third-order valence-electron chi connectivity index (χ3n) is 3.10. The third kappa shape index (κ3) is 4.42. The molecule has 0 saturated carbocycles. The molecule has 0 bridgehead atoms. The van der Waals surface area contributed by atoms with Crippen LogP contribution < -0.4 is 0 Å². The second-order valence-electron chi connectivity index (χ2n) is 4.73. The van der Waals surface area contributed by atoms with E-state index in [-0.39, 0.29) is 29.4 Å². The van der Waals surface area contributed by atoms with Crippen molar-refractivity contribution < 1.29 is 19.2 Å². The zero-order chi connectivity index (χ0) is 17.5. The second-order valence-corrected chi connectivity index (χ2v) is 5.75. The Morgan fingerprint density at radius 1 is 1.12 bits per heavy atom. The van der Waals surface area contributed by atoms with Crippen molar-refractivity contribution in [2.24, 2.45) is 0 Å². The average molecular weight is 345 g/mol. The molecule has 6 nitrogen and oxygen atoms in total. The maximum absolute atomic E-state index is 12.4. The minimum atomic E-state index is -0.560. The van der Waals surface area contributed by atoms with Gasteiger partial charge in [-0.05, 0) is 19.1 Å². The van der Waals surface area contributed by atoms with Crippen molar-refractivity contribution in [1.29, 1.82) is 0 Å². The van der Waals surface area contributed by atoms with Gasteiger partial charge in [-0.15, -0.1) is 11.8 Å². The highest BCUT2D eigenvalue weighted by Crippen LogP contribution is 2.30. The number of benzene rings is 2. The standard InChI is InChI=1S/C17H15NO5S/c1-2-23-16(19)11-24-15-9-8-13(10-14(15)18(21)22)17(20)12-6-4-3-5-7-12/h3-10H,2,11H2,1H3. The summed E-state index contributed by atoms with van der Waals surface area (Å²) in [6.45, 7) is 1.95. The van der Waals surface area contributed by atoms with Gasteiger partial charge in [-0.2, -0.15) is 0 Å². The first-order valence-corrected chi connectivity index (χ1v) is 8.18. The van der Waals surface area contributed by atoms with Crippen molar-refractivity contribution >= 4 is 29.2 Å². The van der Waals surface area contributed by atoms with Gasteiger partial charge in [-0.1, -0.05) is 30.3 Å². The van der Waals surface area contributed by atoms with Crippen LogP contribution in [-0.4, -0.2) is 29.0 Å². The predicted octanol–water partition coefficient (Wildman–Crippen LogP) is 3.48. The van der Waals surface area contributed by atoms with E-state index in [4.69, 9.17) is 4.74 Å². The van der Waals surface area contributed by atoms with Crippen LogP contribution in [0.3, 0.4) is 0 Å². The van der Waals surface area contributed by atoms with Gasteiger partial charge in [0.1, 0.15) is 0 Å². The smallest absolute Gasteiger partial charge is 0.316 e. The summed E-state index contributed by atoms with van der Waals surface area (Å²) in [5.74, 6) is -0.761. The molecule has 0 aromatic heterocycles. The summed E-state index contributed by atoms with van der Waals surface area (Å²) in [7, 11) is 0. The summed E-state index contributed by atoms with van der Waals surface area (Å²) >= 11 is 1.01. The molecule has 0 amide bonds. The predicted molar refractivity (Wildman–Crippen MR) is 90.3 cm³/mol. The lowest BCUT2D eigenvalue weighted by Crippen LogP contribution is -2.07. The number of ether oxygens (including phenoxy) is 1. The number of ketones is 1. The minimum absolute atomic E-state index is 0.0271. The lowest BCUT2D eigenvalue weighted by Gasteiger charge is -2.06. The number of carbonyl (C=O) groups excluding carboxylic acids is 2. The number of rotatable bonds is 7. The fraction of sp³-hybridized carbons (Fsp3) is 0.176. The number of nitro groups is 1. The zero-order valence-corrected chi connectivity index (χ0v) is 13.7. The fourth-order valence-corrected chi connectivity index (χ4v) is 2.82. The topological polar surface area (TPSA) is 86.5 Å². The van der Waals surface area contributed by atoms with E-state index < -0.39 is 10.9 Å². The second kappa shape index (κ2) is 8.26. The van der Waals surface area contributed by atoms with Gasteiger partial charge in [0.2, 0.25) is 0 Å². The largest absolute Gasteiger partial charge is 0.465 e. The van der Waals surface area contributed by atoms with Crippen molar-refractivity contribution in [3.05, 3.63) is 69.8 Å². The highest BCUT2D eigenvalue weighted by atomic mass is 32.2. The first-order valence-electron chi connectivity index (χ1n) is 7.19. The molecule has 124 valence electrons. The molecule has 2 rings (SSSR count). The molecule has 7 heteroatoms. The third-order valence-corrected chi connectivity index (χ3v) is 4.14. The summed E-state index contributed by atoms with van der Waals surface area (Å²) in [6, 6.07) is 12.8. The molecule has 2 aromatic carbocycles. The summed E-state index contributed by atoms with van der Waals surface area (Å²) in [6.07, 6.45) is 0. The van der Waals surface area contributed by atoms with Crippen molar-refractivity contribution in [1.82, 2.24) is 0 Å². The molecule has 0 unspecified atom stereocenters. The highest BCUT2D eigenvalue weighted by molar-refractivity contribution is 8.00. The molecule has 0 N–H and O–H groups in total. The Morgan fingerprint density at radius 2 is 1.83 bits per heavy atom. The van der Waals surface area contributed by atoms with Crippen LogP contribution in [0, 0.1) is 10.1 Å². The van der Waals surface area contributed by atoms with Crippen LogP contribution in [0.4, 0.5) is 5.69 Å². The minimum Gasteiger partial charge on any atom is -0.465 e. The molecular weight excluding hydrogens is 330 g/mol. The van der Waals surface area contributed by atoms with Crippen molar-refractivity contribution in [3.63, 3.8) is 0 Å². The number of carbonyl (C=O) groups is 2. The molecule has 0 saturated heterocycles. The Kier molecular flexibility index (Phi) is 6.08. The lowest BCUT2D eigenvalue weighted by molar-refractivity contribution is -0.387. The van der Waals surface area contributed by atoms with Crippen LogP contribution in [0.1, 0.15) is 22.8 Å². The maximum Gasteiger partial charge on any atom is 0.316 e. The molecule has 0 fully saturated rings. The Hall–Kier alpha value is -2.67. The molecule has 0 heterocycles. The van der Waals surface area contributed by atoms with Crippen LogP contribution in [0.2, 0.25) is 0 Å². The van der Waals surface area contributed by atoms with E-state index in [9.17, 15) is 19.7 Å². The average Bonchev–Trinajstić information content (AvgIpc) is 2.60. The van der Waals surface area contributed by atoms with Crippen LogP contribution in [0.5, 0.6) is 0 Å². The Labute approximate surface area is 143 Å². The van der Waals surface area contributed by atoms with Gasteiger partial charge in [0.25, 0.3) is 5.69 Å². The van der Waals surface area contributed by atoms with Crippen LogP contribution >= 0.6 is 11.8 Å². The van der Waals surface area contributed by atoms with E-state index in [1.807, 2.05) is 0 Å². The van der Waals surface area contributed by atoms with Crippen molar-refractivity contribution in [3.8, 4) is 0 Å². The zero-order valence-electron chi connectivity index (χ0n) is 12.9. The molecule has 0 radical (unpaired) electrons. The van der Waals surface area contributed by atoms with Gasteiger partial charge in [-0.3, -0.25) is 19.7 Å². The number of hydrogen-bond acceptors (Lipinski definition) is 6. The fourth-order valence-electron chi connectivity index (χ4n) is 2.02. The van der Waals surface area contributed by atoms with Gasteiger partial charge in [0.05, 0.1) is 22.2 Å². The number of esters is 1. The molecular formula is C17H15NO5S. The van der Waals surface area contributed by atoms with E-state index in [2.05, 4.69) is 0 Å². The van der Waals surface area contributed by atoms with E-state index in [0.717, 1.165) is 11.8 Å². The van der Waals surface area contributed by atoms with Crippen LogP contribution in [0.25, 0.3) is 0 Å². The monoisotopic (exact) mass is 345 g/mol. The summed E-state index contributed by atoms with van der Waals surface area (Å²) in [5, 5.41) is 11.3. The number of nitro benzene ring substituents is 1. The Balaban J connectivity index is 2.25. The first kappa shape index (κ1) is 17.7. The van der Waals surface area contributed by atoms with Crippen molar-refractivity contribution in [2.75, 3.05) is 12.4 Å². The van der Waals surface area contributed by atoms with Gasteiger partial charge < -0.3 is 4.74 Å². The normalized spacial score (nSPS) is 10.2. The number of thioether (sulfide) groups is 1. The van der Waals surface area contributed by atoms with Crippen molar-refractivity contribution in [2.45, 2.75) is 11.8 Å². The van der Waals surface area contributed by atoms with E-state index in [1.165, 1.54) is 18.2 Å². The molecule has 0 aliphatic rings. The van der Waals surface area contributed by atoms with E-state index in [1.54, 1.807) is 37.3 Å². The van der Waals surface area contributed by atoms with Gasteiger partial charge in [0.15, 0.2) is 5.78 Å². The highest BCUT2D eigenvalue weighted by Gasteiger charge is 2.19. The van der Waals surface area contributed by atoms with Crippen LogP contribution in [-0.2, 0) is 9.53 Å². The first-order chi connectivity index (χ1) is 11.5.